The Morgan fingerprint density at radius 1 is 1.43 bits per heavy atom. The summed E-state index contributed by atoms with van der Waals surface area (Å²) in [6, 6.07) is 5.54. The number of hydrazone groups is 1. The number of anilines is 1. The monoisotopic (exact) mass is 304 g/mol. The molecule has 2 N–H and O–H groups in total. The number of rotatable bonds is 4. The van der Waals surface area contributed by atoms with Crippen LogP contribution < -0.4 is 20.2 Å². The maximum absolute atomic E-state index is 11.4. The fourth-order valence-corrected chi connectivity index (χ4v) is 2.35. The lowest BCUT2D eigenvalue weighted by Crippen LogP contribution is -2.17. The minimum absolute atomic E-state index is 0.223. The van der Waals surface area contributed by atoms with E-state index in [4.69, 9.17) is 9.47 Å². The van der Waals surface area contributed by atoms with Crippen LogP contribution in [0.1, 0.15) is 16.1 Å². The van der Waals surface area contributed by atoms with Gasteiger partial charge in [0.25, 0.3) is 5.91 Å². The SMILES string of the molecule is CNC(=O)c1csc(NN=Cc2ccc3c(c2)OCO3)n1. The van der Waals surface area contributed by atoms with Crippen LogP contribution in [0.5, 0.6) is 11.5 Å². The molecule has 0 bridgehead atoms. The molecule has 0 aliphatic carbocycles. The van der Waals surface area contributed by atoms with Crippen molar-refractivity contribution < 1.29 is 14.3 Å². The molecule has 108 valence electrons. The fraction of sp³-hybridized carbons (Fsp3) is 0.154. The Morgan fingerprint density at radius 2 is 2.29 bits per heavy atom. The number of amides is 1. The molecule has 7 nitrogen and oxygen atoms in total. The molecule has 0 spiro atoms. The van der Waals surface area contributed by atoms with Crippen molar-refractivity contribution in [2.75, 3.05) is 19.3 Å². The molecule has 0 unspecified atom stereocenters. The molecule has 1 aliphatic heterocycles. The minimum atomic E-state index is -0.223. The number of fused-ring (bicyclic) bond motifs is 1. The predicted octanol–water partition coefficient (Wildman–Crippen LogP) is 1.68. The van der Waals surface area contributed by atoms with Crippen LogP contribution >= 0.6 is 11.3 Å². The number of nitrogens with one attached hydrogen (secondary N) is 2. The van der Waals surface area contributed by atoms with Crippen LogP contribution in [-0.4, -0.2) is 30.9 Å². The third-order valence-corrected chi connectivity index (χ3v) is 3.48. The van der Waals surface area contributed by atoms with Crippen LogP contribution in [0.3, 0.4) is 0 Å². The molecule has 0 fully saturated rings. The first kappa shape index (κ1) is 13.4. The van der Waals surface area contributed by atoms with Crippen molar-refractivity contribution in [2.45, 2.75) is 0 Å². The van der Waals surface area contributed by atoms with E-state index >= 15 is 0 Å². The molecule has 0 saturated heterocycles. The van der Waals surface area contributed by atoms with E-state index in [1.807, 2.05) is 18.2 Å². The van der Waals surface area contributed by atoms with Gasteiger partial charge in [0.05, 0.1) is 6.21 Å². The van der Waals surface area contributed by atoms with Gasteiger partial charge in [-0.3, -0.25) is 10.2 Å². The number of nitrogens with zero attached hydrogens (tertiary/aromatic N) is 2. The normalized spacial score (nSPS) is 12.6. The van der Waals surface area contributed by atoms with E-state index in [1.165, 1.54) is 11.3 Å². The number of carbonyl (C=O) groups excluding carboxylic acids is 1. The van der Waals surface area contributed by atoms with E-state index in [1.54, 1.807) is 18.6 Å². The summed E-state index contributed by atoms with van der Waals surface area (Å²) in [5.74, 6) is 1.21. The Hall–Kier alpha value is -2.61. The molecule has 1 aromatic carbocycles. The maximum atomic E-state index is 11.4. The lowest BCUT2D eigenvalue weighted by atomic mass is 10.2. The van der Waals surface area contributed by atoms with Gasteiger partial charge in [-0.1, -0.05) is 0 Å². The van der Waals surface area contributed by atoms with Crippen LogP contribution in [-0.2, 0) is 0 Å². The van der Waals surface area contributed by atoms with Gasteiger partial charge in [0.15, 0.2) is 11.5 Å². The van der Waals surface area contributed by atoms with Crippen molar-refractivity contribution in [2.24, 2.45) is 5.10 Å². The fourth-order valence-electron chi connectivity index (χ4n) is 1.71. The zero-order valence-electron chi connectivity index (χ0n) is 11.1. The highest BCUT2D eigenvalue weighted by Crippen LogP contribution is 2.31. The zero-order chi connectivity index (χ0) is 14.7. The maximum Gasteiger partial charge on any atom is 0.270 e. The van der Waals surface area contributed by atoms with Gasteiger partial charge >= 0.3 is 0 Å². The summed E-state index contributed by atoms with van der Waals surface area (Å²) in [7, 11) is 1.56. The Morgan fingerprint density at radius 3 is 3.14 bits per heavy atom. The van der Waals surface area contributed by atoms with Crippen LogP contribution in [0.2, 0.25) is 0 Å². The lowest BCUT2D eigenvalue weighted by Gasteiger charge is -1.97. The van der Waals surface area contributed by atoms with E-state index in [9.17, 15) is 4.79 Å². The Labute approximate surface area is 124 Å². The van der Waals surface area contributed by atoms with Crippen molar-refractivity contribution in [3.63, 3.8) is 0 Å². The smallest absolute Gasteiger partial charge is 0.270 e. The summed E-state index contributed by atoms with van der Waals surface area (Å²) >= 11 is 1.31. The topological polar surface area (TPSA) is 84.8 Å². The second-order valence-electron chi connectivity index (χ2n) is 4.10. The number of hydrogen-bond donors (Lipinski definition) is 2. The van der Waals surface area contributed by atoms with E-state index in [-0.39, 0.29) is 12.7 Å². The van der Waals surface area contributed by atoms with Gasteiger partial charge in [-0.05, 0) is 23.8 Å². The highest BCUT2D eigenvalue weighted by Gasteiger charge is 2.12. The number of aromatic nitrogens is 1. The van der Waals surface area contributed by atoms with E-state index in [0.29, 0.717) is 16.6 Å². The quantitative estimate of drug-likeness (QED) is 0.663. The van der Waals surface area contributed by atoms with Gasteiger partial charge in [-0.2, -0.15) is 5.10 Å². The lowest BCUT2D eigenvalue weighted by molar-refractivity contribution is 0.0959. The standard InChI is InChI=1S/C13H12N4O3S/c1-14-12(18)9-6-21-13(16-9)17-15-5-8-2-3-10-11(4-8)20-7-19-10/h2-6H,7H2,1H3,(H,14,18)(H,16,17). The molecular formula is C13H12N4O3S. The Kier molecular flexibility index (Phi) is 3.69. The molecule has 21 heavy (non-hydrogen) atoms. The molecule has 8 heteroatoms. The summed E-state index contributed by atoms with van der Waals surface area (Å²) < 4.78 is 10.5. The number of carbonyl (C=O) groups is 1. The first-order valence-electron chi connectivity index (χ1n) is 6.12. The van der Waals surface area contributed by atoms with Crippen molar-refractivity contribution >= 4 is 28.6 Å². The molecule has 0 radical (unpaired) electrons. The summed E-state index contributed by atoms with van der Waals surface area (Å²) in [5.41, 5.74) is 4.02. The average Bonchev–Trinajstić information content (AvgIpc) is 3.14. The molecule has 3 rings (SSSR count). The molecule has 1 aliphatic rings. The average molecular weight is 304 g/mol. The molecule has 0 atom stereocenters. The van der Waals surface area contributed by atoms with E-state index in [0.717, 1.165) is 11.3 Å². The number of hydrogen-bond acceptors (Lipinski definition) is 7. The van der Waals surface area contributed by atoms with Crippen LogP contribution in [0.25, 0.3) is 0 Å². The molecule has 0 saturated carbocycles. The van der Waals surface area contributed by atoms with Gasteiger partial charge in [-0.25, -0.2) is 4.98 Å². The first-order valence-corrected chi connectivity index (χ1v) is 7.00. The summed E-state index contributed by atoms with van der Waals surface area (Å²) in [6.45, 7) is 0.246. The van der Waals surface area contributed by atoms with Gasteiger partial charge < -0.3 is 14.8 Å². The predicted molar refractivity (Wildman–Crippen MR) is 79.3 cm³/mol. The first-order chi connectivity index (χ1) is 10.3. The van der Waals surface area contributed by atoms with Gasteiger partial charge in [0.1, 0.15) is 5.69 Å². The second-order valence-corrected chi connectivity index (χ2v) is 4.96. The summed E-state index contributed by atoms with van der Waals surface area (Å²) in [5, 5.41) is 8.81. The number of thiazole rings is 1. The van der Waals surface area contributed by atoms with Crippen LogP contribution in [0.15, 0.2) is 28.7 Å². The number of ether oxygens (including phenoxy) is 2. The number of benzene rings is 1. The van der Waals surface area contributed by atoms with Crippen molar-refractivity contribution in [3.8, 4) is 11.5 Å². The largest absolute Gasteiger partial charge is 0.454 e. The molecule has 1 aromatic heterocycles. The third-order valence-electron chi connectivity index (χ3n) is 2.73. The Bertz CT molecular complexity index is 698. The van der Waals surface area contributed by atoms with Crippen LogP contribution in [0, 0.1) is 0 Å². The van der Waals surface area contributed by atoms with Crippen LogP contribution in [0.4, 0.5) is 5.13 Å². The van der Waals surface area contributed by atoms with Crippen molar-refractivity contribution in [1.82, 2.24) is 10.3 Å². The van der Waals surface area contributed by atoms with E-state index in [2.05, 4.69) is 20.8 Å². The molecule has 1 amide bonds. The van der Waals surface area contributed by atoms with Crippen molar-refractivity contribution in [1.29, 1.82) is 0 Å². The highest BCUT2D eigenvalue weighted by molar-refractivity contribution is 7.13. The van der Waals surface area contributed by atoms with Gasteiger partial charge in [0, 0.05) is 12.4 Å². The van der Waals surface area contributed by atoms with Gasteiger partial charge in [0.2, 0.25) is 11.9 Å². The van der Waals surface area contributed by atoms with Crippen molar-refractivity contribution in [3.05, 3.63) is 34.8 Å². The molecular weight excluding hydrogens is 292 g/mol. The summed E-state index contributed by atoms with van der Waals surface area (Å²) in [6.07, 6.45) is 1.64. The second kappa shape index (κ2) is 5.80. The third kappa shape index (κ3) is 2.95. The summed E-state index contributed by atoms with van der Waals surface area (Å²) in [4.78, 5) is 15.5. The molecule has 2 aromatic rings. The van der Waals surface area contributed by atoms with E-state index < -0.39 is 0 Å². The zero-order valence-corrected chi connectivity index (χ0v) is 11.9. The van der Waals surface area contributed by atoms with Gasteiger partial charge in [-0.15, -0.1) is 11.3 Å². The minimum Gasteiger partial charge on any atom is -0.454 e. The Balaban J connectivity index is 1.64. The highest BCUT2D eigenvalue weighted by atomic mass is 32.1. The molecule has 2 heterocycles.